The van der Waals surface area contributed by atoms with Crippen LogP contribution in [0.2, 0.25) is 0 Å². The quantitative estimate of drug-likeness (QED) is 0.905. The van der Waals surface area contributed by atoms with Gasteiger partial charge in [0.1, 0.15) is 5.76 Å². The highest BCUT2D eigenvalue weighted by molar-refractivity contribution is 5.20. The topological polar surface area (TPSA) is 50.5 Å². The Kier molecular flexibility index (Phi) is 5.16. The van der Waals surface area contributed by atoms with Gasteiger partial charge in [0.15, 0.2) is 0 Å². The summed E-state index contributed by atoms with van der Waals surface area (Å²) in [6, 6.07) is 0. The molecule has 1 saturated carbocycles. The van der Waals surface area contributed by atoms with E-state index in [0.717, 1.165) is 50.8 Å². The van der Waals surface area contributed by atoms with Crippen LogP contribution in [0.4, 0.5) is 0 Å². The van der Waals surface area contributed by atoms with E-state index in [1.54, 1.807) is 0 Å². The molecule has 124 valence electrons. The number of morpholine rings is 1. The molecule has 2 aliphatic rings. The summed E-state index contributed by atoms with van der Waals surface area (Å²) in [5, 5.41) is 7.74. The van der Waals surface area contributed by atoms with E-state index in [0.29, 0.717) is 5.54 Å². The third-order valence-corrected chi connectivity index (χ3v) is 5.40. The Hall–Kier alpha value is -0.910. The maximum Gasteiger partial charge on any atom is 0.138 e. The third-order valence-electron chi connectivity index (χ3n) is 5.40. The number of ether oxygens (including phenoxy) is 1. The first kappa shape index (κ1) is 16.0. The minimum atomic E-state index is 0.320. The van der Waals surface area contributed by atoms with Crippen molar-refractivity contribution in [3.63, 3.8) is 0 Å². The molecule has 2 fully saturated rings. The largest absolute Gasteiger partial charge is 0.379 e. The molecule has 5 heteroatoms. The number of nitrogens with one attached hydrogen (secondary N) is 1. The van der Waals surface area contributed by atoms with Crippen LogP contribution in [0.25, 0.3) is 0 Å². The van der Waals surface area contributed by atoms with E-state index >= 15 is 0 Å². The lowest BCUT2D eigenvalue weighted by molar-refractivity contribution is -0.0369. The molecule has 0 unspecified atom stereocenters. The van der Waals surface area contributed by atoms with E-state index < -0.39 is 0 Å². The second-order valence-electron chi connectivity index (χ2n) is 6.79. The smallest absolute Gasteiger partial charge is 0.138 e. The third kappa shape index (κ3) is 3.36. The van der Waals surface area contributed by atoms with E-state index in [1.807, 2.05) is 13.8 Å². The molecule has 1 N–H and O–H groups in total. The standard InChI is InChI=1S/C17H29N3O2/c1-14-16(15(2)22-19-14)12-18-13-17(6-4-3-5-7-17)20-8-10-21-11-9-20/h18H,3-13H2,1-2H3. The average Bonchev–Trinajstić information content (AvgIpc) is 2.88. The molecule has 0 aromatic carbocycles. The van der Waals surface area contributed by atoms with Crippen LogP contribution in [-0.2, 0) is 11.3 Å². The highest BCUT2D eigenvalue weighted by Crippen LogP contribution is 2.34. The van der Waals surface area contributed by atoms with Crippen molar-refractivity contribution in [2.75, 3.05) is 32.8 Å². The van der Waals surface area contributed by atoms with Gasteiger partial charge in [0.05, 0.1) is 18.9 Å². The van der Waals surface area contributed by atoms with E-state index in [-0.39, 0.29) is 0 Å². The number of hydrogen-bond acceptors (Lipinski definition) is 5. The average molecular weight is 307 g/mol. The molecule has 1 aliphatic heterocycles. The van der Waals surface area contributed by atoms with Crippen LogP contribution in [0, 0.1) is 13.8 Å². The minimum absolute atomic E-state index is 0.320. The summed E-state index contributed by atoms with van der Waals surface area (Å²) < 4.78 is 10.8. The van der Waals surface area contributed by atoms with Gasteiger partial charge in [-0.15, -0.1) is 0 Å². The zero-order valence-electron chi connectivity index (χ0n) is 14.0. The summed E-state index contributed by atoms with van der Waals surface area (Å²) in [7, 11) is 0. The Balaban J connectivity index is 1.62. The predicted octanol–water partition coefficient (Wildman–Crippen LogP) is 2.42. The normalized spacial score (nSPS) is 22.8. The fourth-order valence-corrected chi connectivity index (χ4v) is 4.03. The molecule has 1 aromatic rings. The SMILES string of the molecule is Cc1noc(C)c1CNCC1(N2CCOCC2)CCCCC1. The number of nitrogens with zero attached hydrogens (tertiary/aromatic N) is 2. The highest BCUT2D eigenvalue weighted by Gasteiger charge is 2.38. The van der Waals surface area contributed by atoms with Gasteiger partial charge in [-0.05, 0) is 26.7 Å². The molecular formula is C17H29N3O2. The molecule has 0 atom stereocenters. The summed E-state index contributed by atoms with van der Waals surface area (Å²) in [5.74, 6) is 0.939. The van der Waals surface area contributed by atoms with Gasteiger partial charge >= 0.3 is 0 Å². The number of rotatable bonds is 5. The summed E-state index contributed by atoms with van der Waals surface area (Å²) in [4.78, 5) is 2.68. The van der Waals surface area contributed by atoms with Gasteiger partial charge in [-0.25, -0.2) is 0 Å². The summed E-state index contributed by atoms with van der Waals surface area (Å²) in [6.45, 7) is 9.84. The molecule has 0 radical (unpaired) electrons. The molecule has 0 spiro atoms. The predicted molar refractivity (Wildman–Crippen MR) is 85.9 cm³/mol. The van der Waals surface area contributed by atoms with Gasteiger partial charge in [0.2, 0.25) is 0 Å². The van der Waals surface area contributed by atoms with Crippen molar-refractivity contribution in [3.05, 3.63) is 17.0 Å². The van der Waals surface area contributed by atoms with Crippen LogP contribution >= 0.6 is 0 Å². The van der Waals surface area contributed by atoms with Crippen molar-refractivity contribution in [2.45, 2.75) is 58.0 Å². The Morgan fingerprint density at radius 1 is 1.14 bits per heavy atom. The first-order valence-electron chi connectivity index (χ1n) is 8.67. The summed E-state index contributed by atoms with van der Waals surface area (Å²) in [5.41, 5.74) is 2.54. The van der Waals surface area contributed by atoms with Crippen LogP contribution < -0.4 is 5.32 Å². The molecule has 0 amide bonds. The van der Waals surface area contributed by atoms with Crippen molar-refractivity contribution < 1.29 is 9.26 Å². The van der Waals surface area contributed by atoms with Gasteiger partial charge in [0.25, 0.3) is 0 Å². The number of aromatic nitrogens is 1. The van der Waals surface area contributed by atoms with Crippen molar-refractivity contribution >= 4 is 0 Å². The van der Waals surface area contributed by atoms with Crippen LogP contribution in [0.5, 0.6) is 0 Å². The maximum absolute atomic E-state index is 5.55. The second-order valence-corrected chi connectivity index (χ2v) is 6.79. The van der Waals surface area contributed by atoms with Crippen LogP contribution in [-0.4, -0.2) is 48.4 Å². The Morgan fingerprint density at radius 3 is 2.50 bits per heavy atom. The lowest BCUT2D eigenvalue weighted by atomic mass is 9.79. The van der Waals surface area contributed by atoms with Gasteiger partial charge < -0.3 is 14.6 Å². The Bertz CT molecular complexity index is 455. The molecule has 0 bridgehead atoms. The summed E-state index contributed by atoms with van der Waals surface area (Å²) in [6.07, 6.45) is 6.70. The fraction of sp³-hybridized carbons (Fsp3) is 0.824. The zero-order chi connectivity index (χ0) is 15.4. The van der Waals surface area contributed by atoms with Crippen molar-refractivity contribution in [1.82, 2.24) is 15.4 Å². The highest BCUT2D eigenvalue weighted by atomic mass is 16.5. The maximum atomic E-state index is 5.55. The van der Waals surface area contributed by atoms with Gasteiger partial charge in [-0.1, -0.05) is 24.4 Å². The van der Waals surface area contributed by atoms with Crippen LogP contribution in [0.1, 0.15) is 49.1 Å². The Morgan fingerprint density at radius 2 is 1.86 bits per heavy atom. The van der Waals surface area contributed by atoms with E-state index in [4.69, 9.17) is 9.26 Å². The van der Waals surface area contributed by atoms with Crippen LogP contribution in [0.3, 0.4) is 0 Å². The Labute approximate surface area is 133 Å². The van der Waals surface area contributed by atoms with Gasteiger partial charge in [-0.2, -0.15) is 0 Å². The molecule has 22 heavy (non-hydrogen) atoms. The monoisotopic (exact) mass is 307 g/mol. The molecule has 3 rings (SSSR count). The molecule has 2 heterocycles. The second kappa shape index (κ2) is 7.11. The lowest BCUT2D eigenvalue weighted by Gasteiger charge is -2.48. The van der Waals surface area contributed by atoms with Crippen molar-refractivity contribution in [1.29, 1.82) is 0 Å². The zero-order valence-corrected chi connectivity index (χ0v) is 14.0. The van der Waals surface area contributed by atoms with E-state index in [2.05, 4.69) is 15.4 Å². The first-order valence-corrected chi connectivity index (χ1v) is 8.67. The van der Waals surface area contributed by atoms with Crippen LogP contribution in [0.15, 0.2) is 4.52 Å². The first-order chi connectivity index (χ1) is 10.7. The molecule has 1 aromatic heterocycles. The molecular weight excluding hydrogens is 278 g/mol. The summed E-state index contributed by atoms with van der Waals surface area (Å²) >= 11 is 0. The molecule has 5 nitrogen and oxygen atoms in total. The molecule has 1 saturated heterocycles. The molecule has 1 aliphatic carbocycles. The van der Waals surface area contributed by atoms with Crippen molar-refractivity contribution in [3.8, 4) is 0 Å². The lowest BCUT2D eigenvalue weighted by Crippen LogP contribution is -2.59. The van der Waals surface area contributed by atoms with E-state index in [9.17, 15) is 0 Å². The van der Waals surface area contributed by atoms with Gasteiger partial charge in [0, 0.05) is 37.3 Å². The number of aryl methyl sites for hydroxylation is 2. The number of hydrogen-bond donors (Lipinski definition) is 1. The minimum Gasteiger partial charge on any atom is -0.379 e. The fourth-order valence-electron chi connectivity index (χ4n) is 4.03. The van der Waals surface area contributed by atoms with Gasteiger partial charge in [-0.3, -0.25) is 4.90 Å². The van der Waals surface area contributed by atoms with Crippen molar-refractivity contribution in [2.24, 2.45) is 0 Å². The van der Waals surface area contributed by atoms with E-state index in [1.165, 1.54) is 37.7 Å².